The Balaban J connectivity index is 1.85. The van der Waals surface area contributed by atoms with Crippen molar-refractivity contribution in [3.8, 4) is 0 Å². The molecule has 4 aliphatic rings. The number of aliphatic hydroxyl groups excluding tert-OH is 1. The Morgan fingerprint density at radius 1 is 0.875 bits per heavy atom. The van der Waals surface area contributed by atoms with Crippen LogP contribution in [0.5, 0.6) is 0 Å². The average Bonchev–Trinajstić information content (AvgIpc) is 3.21. The first-order valence-electron chi connectivity index (χ1n) is 14.8. The molecular weight excluding hydrogens is 520 g/mol. The SMILES string of the molecule is COCO[C@H]1C[C@@H](OC(C)(C)OC)[C@]2(C)C3C(CC[C@]2(O)C1)[C@@]1(OCOC)CC[C@H](CO)[C@@]1(C)C[C@H]3OCOC. The van der Waals surface area contributed by atoms with E-state index in [9.17, 15) is 10.2 Å². The summed E-state index contributed by atoms with van der Waals surface area (Å²) in [6.45, 7) is 8.77. The van der Waals surface area contributed by atoms with Gasteiger partial charge < -0.3 is 48.1 Å². The van der Waals surface area contributed by atoms with E-state index < -0.39 is 28.5 Å². The summed E-state index contributed by atoms with van der Waals surface area (Å²) in [5.41, 5.74) is -2.69. The molecule has 2 unspecified atom stereocenters. The van der Waals surface area contributed by atoms with Crippen LogP contribution in [0.3, 0.4) is 0 Å². The quantitative estimate of drug-likeness (QED) is 0.317. The van der Waals surface area contributed by atoms with Gasteiger partial charge in [0, 0.05) is 64.6 Å². The van der Waals surface area contributed by atoms with E-state index in [-0.39, 0.29) is 62.4 Å². The van der Waals surface area contributed by atoms with Crippen molar-refractivity contribution in [1.29, 1.82) is 0 Å². The summed E-state index contributed by atoms with van der Waals surface area (Å²) in [6, 6.07) is 0. The van der Waals surface area contributed by atoms with Crippen molar-refractivity contribution in [3.05, 3.63) is 0 Å². The minimum absolute atomic E-state index is 0.0401. The van der Waals surface area contributed by atoms with Crippen LogP contribution in [0.25, 0.3) is 0 Å². The van der Waals surface area contributed by atoms with Gasteiger partial charge in [-0.3, -0.25) is 0 Å². The van der Waals surface area contributed by atoms with Gasteiger partial charge in [0.05, 0.1) is 29.5 Å². The molecule has 0 saturated heterocycles. The van der Waals surface area contributed by atoms with Gasteiger partial charge >= 0.3 is 0 Å². The van der Waals surface area contributed by atoms with E-state index in [4.69, 9.17) is 37.9 Å². The van der Waals surface area contributed by atoms with Crippen molar-refractivity contribution in [3.63, 3.8) is 0 Å². The molecular formula is C30H54O10. The van der Waals surface area contributed by atoms with E-state index in [1.165, 1.54) is 0 Å². The fourth-order valence-electron chi connectivity index (χ4n) is 9.32. The summed E-state index contributed by atoms with van der Waals surface area (Å²) in [5.74, 6) is -0.885. The maximum Gasteiger partial charge on any atom is 0.162 e. The number of aliphatic hydroxyl groups is 2. The van der Waals surface area contributed by atoms with Crippen LogP contribution in [0.15, 0.2) is 0 Å². The van der Waals surface area contributed by atoms with Crippen LogP contribution in [0.4, 0.5) is 0 Å². The minimum Gasteiger partial charge on any atom is -0.396 e. The van der Waals surface area contributed by atoms with Gasteiger partial charge in [-0.2, -0.15) is 0 Å². The molecule has 0 aromatic heterocycles. The van der Waals surface area contributed by atoms with Crippen molar-refractivity contribution in [2.75, 3.05) is 55.4 Å². The lowest BCUT2D eigenvalue weighted by molar-refractivity contribution is -0.355. The van der Waals surface area contributed by atoms with Crippen molar-refractivity contribution in [1.82, 2.24) is 0 Å². The smallest absolute Gasteiger partial charge is 0.162 e. The maximum absolute atomic E-state index is 12.7. The summed E-state index contributed by atoms with van der Waals surface area (Å²) in [7, 11) is 6.52. The zero-order valence-corrected chi connectivity index (χ0v) is 25.9. The second kappa shape index (κ2) is 12.3. The van der Waals surface area contributed by atoms with Gasteiger partial charge in [-0.1, -0.05) is 13.8 Å². The van der Waals surface area contributed by atoms with Crippen LogP contribution < -0.4 is 0 Å². The Morgan fingerprint density at radius 3 is 2.17 bits per heavy atom. The minimum atomic E-state index is -1.08. The van der Waals surface area contributed by atoms with E-state index in [1.807, 2.05) is 13.8 Å². The van der Waals surface area contributed by atoms with E-state index in [1.54, 1.807) is 28.4 Å². The highest BCUT2D eigenvalue weighted by molar-refractivity contribution is 5.24. The summed E-state index contributed by atoms with van der Waals surface area (Å²) >= 11 is 0. The van der Waals surface area contributed by atoms with Crippen LogP contribution in [-0.4, -0.2) is 101 Å². The molecule has 4 rings (SSSR count). The van der Waals surface area contributed by atoms with E-state index in [0.717, 1.165) is 19.3 Å². The summed E-state index contributed by atoms with van der Waals surface area (Å²) < 4.78 is 48.0. The van der Waals surface area contributed by atoms with Gasteiger partial charge in [-0.05, 0) is 57.8 Å². The van der Waals surface area contributed by atoms with Gasteiger partial charge in [0.25, 0.3) is 0 Å². The van der Waals surface area contributed by atoms with Crippen LogP contribution >= 0.6 is 0 Å². The Morgan fingerprint density at radius 2 is 1.55 bits per heavy atom. The predicted octanol–water partition coefficient (Wildman–Crippen LogP) is 3.46. The summed E-state index contributed by atoms with van der Waals surface area (Å²) in [4.78, 5) is 0. The molecule has 0 heterocycles. The molecule has 10 nitrogen and oxygen atoms in total. The van der Waals surface area contributed by atoms with Gasteiger partial charge in [0.1, 0.15) is 20.4 Å². The molecule has 0 aromatic rings. The van der Waals surface area contributed by atoms with Gasteiger partial charge in [-0.25, -0.2) is 0 Å². The first kappa shape index (κ1) is 32.5. The summed E-state index contributed by atoms with van der Waals surface area (Å²) in [6.07, 6.45) is 3.85. The highest BCUT2D eigenvalue weighted by Crippen LogP contribution is 2.71. The third kappa shape index (κ3) is 5.18. The second-order valence-electron chi connectivity index (χ2n) is 13.4. The number of hydrogen-bond donors (Lipinski definition) is 2. The molecule has 0 aliphatic heterocycles. The van der Waals surface area contributed by atoms with Crippen LogP contribution in [0, 0.1) is 28.6 Å². The maximum atomic E-state index is 12.7. The molecule has 10 heteroatoms. The second-order valence-corrected chi connectivity index (χ2v) is 13.4. The van der Waals surface area contributed by atoms with E-state index in [0.29, 0.717) is 25.7 Å². The van der Waals surface area contributed by atoms with E-state index >= 15 is 0 Å². The number of rotatable bonds is 13. The lowest BCUT2D eigenvalue weighted by Gasteiger charge is -2.70. The van der Waals surface area contributed by atoms with Gasteiger partial charge in [-0.15, -0.1) is 0 Å². The Kier molecular flexibility index (Phi) is 10.0. The molecule has 0 spiro atoms. The predicted molar refractivity (Wildman–Crippen MR) is 146 cm³/mol. The fourth-order valence-corrected chi connectivity index (χ4v) is 9.32. The molecule has 2 N–H and O–H groups in total. The first-order valence-corrected chi connectivity index (χ1v) is 14.8. The van der Waals surface area contributed by atoms with Crippen LogP contribution in [-0.2, 0) is 37.9 Å². The van der Waals surface area contributed by atoms with Crippen molar-refractivity contribution >= 4 is 0 Å². The molecule has 4 aliphatic carbocycles. The number of hydrogen-bond acceptors (Lipinski definition) is 10. The topological polar surface area (TPSA) is 114 Å². The zero-order chi connectivity index (χ0) is 29.4. The van der Waals surface area contributed by atoms with Crippen molar-refractivity contribution in [2.45, 2.75) is 108 Å². The highest BCUT2D eigenvalue weighted by Gasteiger charge is 2.75. The molecule has 0 bridgehead atoms. The summed E-state index contributed by atoms with van der Waals surface area (Å²) in [5, 5.41) is 23.2. The molecule has 40 heavy (non-hydrogen) atoms. The van der Waals surface area contributed by atoms with Crippen molar-refractivity contribution < 1.29 is 48.1 Å². The molecule has 0 radical (unpaired) electrons. The van der Waals surface area contributed by atoms with Crippen LogP contribution in [0.1, 0.15) is 72.6 Å². The monoisotopic (exact) mass is 574 g/mol. The standard InChI is InChI=1S/C30H54O10/c1-26(2,36-8)40-24-13-21(37-17-33-5)14-29(32)11-10-22-25(28(24,29)4)23(38-18-34-6)15-27(3)20(16-31)9-12-30(22,27)39-19-35-7/h20-25,31-32H,9-19H2,1-8H3/t20-,21+,22?,23-,24-,25?,27-,28-,29+,30+/m1/s1. The largest absolute Gasteiger partial charge is 0.396 e. The molecule has 234 valence electrons. The fraction of sp³-hybridized carbons (Fsp3) is 1.00. The Labute approximate surface area is 240 Å². The number of fused-ring (bicyclic) bond motifs is 5. The van der Waals surface area contributed by atoms with Crippen LogP contribution in [0.2, 0.25) is 0 Å². The zero-order valence-electron chi connectivity index (χ0n) is 25.9. The normalized spacial score (nSPS) is 45.1. The highest BCUT2D eigenvalue weighted by atomic mass is 16.7. The average molecular weight is 575 g/mol. The lowest BCUT2D eigenvalue weighted by Crippen LogP contribution is -2.75. The Bertz CT molecular complexity index is 841. The number of methoxy groups -OCH3 is 4. The Hall–Kier alpha value is -0.400. The third-order valence-corrected chi connectivity index (χ3v) is 11.5. The van der Waals surface area contributed by atoms with Gasteiger partial charge in [0.2, 0.25) is 0 Å². The first-order chi connectivity index (χ1) is 18.9. The van der Waals surface area contributed by atoms with E-state index in [2.05, 4.69) is 13.8 Å². The molecule has 0 aromatic carbocycles. The molecule has 0 amide bonds. The van der Waals surface area contributed by atoms with Crippen molar-refractivity contribution in [2.24, 2.45) is 28.6 Å². The molecule has 4 saturated carbocycles. The lowest BCUT2D eigenvalue weighted by atomic mass is 9.40. The third-order valence-electron chi connectivity index (χ3n) is 11.5. The molecule has 10 atom stereocenters. The molecule has 4 fully saturated rings. The van der Waals surface area contributed by atoms with Gasteiger partial charge in [0.15, 0.2) is 5.79 Å². The number of ether oxygens (including phenoxy) is 8.